The largest absolute Gasteiger partial charge is 0.398 e. The van der Waals surface area contributed by atoms with Gasteiger partial charge in [-0.25, -0.2) is 0 Å². The second-order valence-electron chi connectivity index (χ2n) is 3.73. The third kappa shape index (κ3) is 2.57. The minimum atomic E-state index is -0.817. The average molecular weight is 266 g/mol. The van der Waals surface area contributed by atoms with Gasteiger partial charge < -0.3 is 10.8 Å². The Morgan fingerprint density at radius 1 is 1.12 bits per heavy atom. The van der Waals surface area contributed by atoms with Crippen molar-refractivity contribution in [1.82, 2.24) is 0 Å². The Bertz CT molecular complexity index is 545. The number of aliphatic hydroxyl groups is 1. The van der Waals surface area contributed by atoms with Crippen LogP contribution in [0.4, 0.5) is 5.69 Å². The second kappa shape index (κ2) is 5.00. The predicted molar refractivity (Wildman–Crippen MR) is 73.6 cm³/mol. The van der Waals surface area contributed by atoms with Crippen molar-refractivity contribution in [1.29, 1.82) is 0 Å². The molecule has 0 aliphatic rings. The summed E-state index contributed by atoms with van der Waals surface area (Å²) in [5.74, 6) is 0. The fourth-order valence-corrected chi connectivity index (χ4v) is 2.13. The van der Waals surface area contributed by atoms with Crippen LogP contribution in [-0.2, 0) is 0 Å². The molecule has 0 bridgehead atoms. The Balaban J connectivity index is 2.47. The van der Waals surface area contributed by atoms with Crippen molar-refractivity contribution in [3.05, 3.63) is 58.6 Å². The summed E-state index contributed by atoms with van der Waals surface area (Å²) in [5.41, 5.74) is 7.66. The van der Waals surface area contributed by atoms with E-state index in [-0.39, 0.29) is 0 Å². The number of thiol groups is 1. The molecule has 2 rings (SSSR count). The molecule has 2 aromatic rings. The van der Waals surface area contributed by atoms with Crippen molar-refractivity contribution < 1.29 is 5.11 Å². The van der Waals surface area contributed by atoms with Crippen molar-refractivity contribution >= 4 is 29.9 Å². The number of nitrogen functional groups attached to an aromatic ring is 1. The van der Waals surface area contributed by atoms with Crippen LogP contribution in [0.5, 0.6) is 0 Å². The maximum absolute atomic E-state index is 10.3. The van der Waals surface area contributed by atoms with Crippen molar-refractivity contribution in [2.24, 2.45) is 0 Å². The Labute approximate surface area is 110 Å². The molecular weight excluding hydrogens is 254 g/mol. The van der Waals surface area contributed by atoms with Gasteiger partial charge in [-0.15, -0.1) is 12.6 Å². The Morgan fingerprint density at radius 2 is 1.82 bits per heavy atom. The summed E-state index contributed by atoms with van der Waals surface area (Å²) in [6.07, 6.45) is -0.817. The van der Waals surface area contributed by atoms with E-state index in [1.807, 2.05) is 24.3 Å². The summed E-state index contributed by atoms with van der Waals surface area (Å²) >= 11 is 10.2. The average Bonchev–Trinajstić information content (AvgIpc) is 2.32. The van der Waals surface area contributed by atoms with Crippen LogP contribution in [0.25, 0.3) is 0 Å². The van der Waals surface area contributed by atoms with Gasteiger partial charge >= 0.3 is 0 Å². The zero-order valence-electron chi connectivity index (χ0n) is 8.97. The molecule has 0 radical (unpaired) electrons. The summed E-state index contributed by atoms with van der Waals surface area (Å²) in [7, 11) is 0. The molecule has 2 aromatic carbocycles. The summed E-state index contributed by atoms with van der Waals surface area (Å²) in [6, 6.07) is 12.4. The molecule has 4 heteroatoms. The Kier molecular flexibility index (Phi) is 3.62. The lowest BCUT2D eigenvalue weighted by Crippen LogP contribution is -2.04. The van der Waals surface area contributed by atoms with E-state index in [1.165, 1.54) is 0 Å². The Hall–Kier alpha value is -1.16. The van der Waals surface area contributed by atoms with E-state index in [0.717, 1.165) is 4.90 Å². The van der Waals surface area contributed by atoms with Gasteiger partial charge in [-0.3, -0.25) is 0 Å². The number of aliphatic hydroxyl groups excluding tert-OH is 1. The Morgan fingerprint density at radius 3 is 2.53 bits per heavy atom. The predicted octanol–water partition coefficient (Wildman–Crippen LogP) is 3.29. The minimum absolute atomic E-state index is 0.512. The molecule has 0 saturated heterocycles. The number of rotatable bonds is 2. The first-order valence-electron chi connectivity index (χ1n) is 5.10. The van der Waals surface area contributed by atoms with Crippen LogP contribution in [0.1, 0.15) is 17.2 Å². The molecule has 0 saturated carbocycles. The molecule has 0 amide bonds. The maximum Gasteiger partial charge on any atom is 0.107 e. The van der Waals surface area contributed by atoms with Gasteiger partial charge in [0, 0.05) is 21.2 Å². The third-order valence-electron chi connectivity index (χ3n) is 2.57. The lowest BCUT2D eigenvalue weighted by atomic mass is 10.00. The molecule has 0 spiro atoms. The summed E-state index contributed by atoms with van der Waals surface area (Å²) in [6.45, 7) is 0. The van der Waals surface area contributed by atoms with Gasteiger partial charge in [0.15, 0.2) is 0 Å². The molecule has 3 N–H and O–H groups in total. The maximum atomic E-state index is 10.3. The van der Waals surface area contributed by atoms with E-state index in [9.17, 15) is 5.11 Å². The standard InChI is InChI=1S/C13H12ClNOS/c14-8-5-6-11(15)10(7-8)13(16)9-3-1-2-4-12(9)17/h1-7,13,16-17H,15H2. The lowest BCUT2D eigenvalue weighted by molar-refractivity contribution is 0.218. The second-order valence-corrected chi connectivity index (χ2v) is 4.65. The fourth-order valence-electron chi connectivity index (χ4n) is 1.67. The highest BCUT2D eigenvalue weighted by Gasteiger charge is 2.15. The van der Waals surface area contributed by atoms with Crippen LogP contribution in [0.15, 0.2) is 47.4 Å². The molecule has 0 heterocycles. The van der Waals surface area contributed by atoms with Crippen molar-refractivity contribution in [2.75, 3.05) is 5.73 Å². The van der Waals surface area contributed by atoms with Crippen LogP contribution in [0, 0.1) is 0 Å². The number of hydrogen-bond donors (Lipinski definition) is 3. The van der Waals surface area contributed by atoms with Crippen LogP contribution < -0.4 is 5.73 Å². The molecule has 0 aliphatic carbocycles. The van der Waals surface area contributed by atoms with Crippen molar-refractivity contribution in [3.8, 4) is 0 Å². The van der Waals surface area contributed by atoms with Gasteiger partial charge in [0.1, 0.15) is 6.10 Å². The molecule has 0 fully saturated rings. The van der Waals surface area contributed by atoms with E-state index in [1.54, 1.807) is 18.2 Å². The van der Waals surface area contributed by atoms with Gasteiger partial charge in [-0.2, -0.15) is 0 Å². The van der Waals surface area contributed by atoms with E-state index >= 15 is 0 Å². The lowest BCUT2D eigenvalue weighted by Gasteiger charge is -2.15. The SMILES string of the molecule is Nc1ccc(Cl)cc1C(O)c1ccccc1S. The van der Waals surface area contributed by atoms with Gasteiger partial charge in [0.25, 0.3) is 0 Å². The number of benzene rings is 2. The van der Waals surface area contributed by atoms with E-state index in [2.05, 4.69) is 12.6 Å². The number of hydrogen-bond acceptors (Lipinski definition) is 3. The monoisotopic (exact) mass is 265 g/mol. The van der Waals surface area contributed by atoms with Gasteiger partial charge in [-0.1, -0.05) is 29.8 Å². The molecule has 2 nitrogen and oxygen atoms in total. The first-order chi connectivity index (χ1) is 8.09. The van der Waals surface area contributed by atoms with Crippen LogP contribution in [0.2, 0.25) is 5.02 Å². The number of halogens is 1. The van der Waals surface area contributed by atoms with Gasteiger partial charge in [0.05, 0.1) is 0 Å². The first-order valence-corrected chi connectivity index (χ1v) is 5.93. The fraction of sp³-hybridized carbons (Fsp3) is 0.0769. The molecule has 88 valence electrons. The van der Waals surface area contributed by atoms with Crippen LogP contribution in [-0.4, -0.2) is 5.11 Å². The highest BCUT2D eigenvalue weighted by atomic mass is 35.5. The number of nitrogens with two attached hydrogens (primary N) is 1. The van der Waals surface area contributed by atoms with Gasteiger partial charge in [0.2, 0.25) is 0 Å². The topological polar surface area (TPSA) is 46.2 Å². The van der Waals surface area contributed by atoms with Crippen LogP contribution in [0.3, 0.4) is 0 Å². The minimum Gasteiger partial charge on any atom is -0.398 e. The highest BCUT2D eigenvalue weighted by Crippen LogP contribution is 2.31. The van der Waals surface area contributed by atoms with E-state index in [4.69, 9.17) is 17.3 Å². The summed E-state index contributed by atoms with van der Waals surface area (Å²) in [4.78, 5) is 0.722. The molecule has 1 atom stereocenters. The van der Waals surface area contributed by atoms with Crippen molar-refractivity contribution in [2.45, 2.75) is 11.0 Å². The highest BCUT2D eigenvalue weighted by molar-refractivity contribution is 7.80. The third-order valence-corrected chi connectivity index (χ3v) is 3.22. The normalized spacial score (nSPS) is 12.4. The quantitative estimate of drug-likeness (QED) is 0.576. The molecular formula is C13H12ClNOS. The molecule has 17 heavy (non-hydrogen) atoms. The molecule has 0 aromatic heterocycles. The summed E-state index contributed by atoms with van der Waals surface area (Å²) in [5, 5.41) is 10.8. The zero-order valence-corrected chi connectivity index (χ0v) is 10.6. The van der Waals surface area contributed by atoms with E-state index < -0.39 is 6.10 Å². The van der Waals surface area contributed by atoms with E-state index in [0.29, 0.717) is 21.8 Å². The van der Waals surface area contributed by atoms with Gasteiger partial charge in [-0.05, 0) is 29.8 Å². The number of anilines is 1. The zero-order chi connectivity index (χ0) is 12.4. The van der Waals surface area contributed by atoms with Crippen LogP contribution >= 0.6 is 24.2 Å². The first kappa shape index (κ1) is 12.3. The summed E-state index contributed by atoms with van der Waals surface area (Å²) < 4.78 is 0. The molecule has 1 unspecified atom stereocenters. The smallest absolute Gasteiger partial charge is 0.107 e. The molecule has 0 aliphatic heterocycles. The van der Waals surface area contributed by atoms with Crippen molar-refractivity contribution in [3.63, 3.8) is 0 Å².